The van der Waals surface area contributed by atoms with E-state index in [9.17, 15) is 9.59 Å². The third-order valence-corrected chi connectivity index (χ3v) is 4.41. The van der Waals surface area contributed by atoms with Crippen molar-refractivity contribution in [3.05, 3.63) is 0 Å². The third kappa shape index (κ3) is 2.60. The standard InChI is InChI=1S/C13H22N2O3/c1-2-13(6-4-7-13)14-12(18)15-8-3-5-10(15)9-11(16)17/h10H,2-9H2,1H3,(H,14,18)(H,16,17). The summed E-state index contributed by atoms with van der Waals surface area (Å²) < 4.78 is 0. The van der Waals surface area contributed by atoms with Crippen molar-refractivity contribution in [3.63, 3.8) is 0 Å². The number of carbonyl (C=O) groups is 2. The Kier molecular flexibility index (Phi) is 3.78. The van der Waals surface area contributed by atoms with Crippen molar-refractivity contribution in [2.45, 2.75) is 63.5 Å². The molecule has 0 radical (unpaired) electrons. The second-order valence-electron chi connectivity index (χ2n) is 5.50. The minimum absolute atomic E-state index is 0.0204. The fourth-order valence-electron chi connectivity index (χ4n) is 2.99. The van der Waals surface area contributed by atoms with Crippen molar-refractivity contribution in [3.8, 4) is 0 Å². The highest BCUT2D eigenvalue weighted by atomic mass is 16.4. The van der Waals surface area contributed by atoms with Gasteiger partial charge < -0.3 is 15.3 Å². The molecule has 2 aliphatic rings. The second kappa shape index (κ2) is 5.16. The molecule has 0 spiro atoms. The predicted molar refractivity (Wildman–Crippen MR) is 67.4 cm³/mol. The van der Waals surface area contributed by atoms with Crippen LogP contribution >= 0.6 is 0 Å². The number of amides is 2. The molecule has 2 fully saturated rings. The molecule has 0 aromatic heterocycles. The normalized spacial score (nSPS) is 25.6. The third-order valence-electron chi connectivity index (χ3n) is 4.41. The zero-order valence-corrected chi connectivity index (χ0v) is 10.9. The highest BCUT2D eigenvalue weighted by molar-refractivity contribution is 5.77. The SMILES string of the molecule is CCC1(NC(=O)N2CCCC2CC(=O)O)CCC1. The molecular formula is C13H22N2O3. The van der Waals surface area contributed by atoms with Gasteiger partial charge in [0.25, 0.3) is 0 Å². The summed E-state index contributed by atoms with van der Waals surface area (Å²) >= 11 is 0. The Morgan fingerprint density at radius 1 is 1.39 bits per heavy atom. The van der Waals surface area contributed by atoms with Gasteiger partial charge in [0, 0.05) is 18.1 Å². The largest absolute Gasteiger partial charge is 0.481 e. The Balaban J connectivity index is 1.93. The molecule has 0 aromatic rings. The Morgan fingerprint density at radius 3 is 2.61 bits per heavy atom. The van der Waals surface area contributed by atoms with Crippen LogP contribution in [0.5, 0.6) is 0 Å². The fraction of sp³-hybridized carbons (Fsp3) is 0.846. The van der Waals surface area contributed by atoms with Crippen molar-refractivity contribution in [1.82, 2.24) is 10.2 Å². The van der Waals surface area contributed by atoms with Crippen LogP contribution in [0.1, 0.15) is 51.9 Å². The summed E-state index contributed by atoms with van der Waals surface area (Å²) in [6.07, 6.45) is 6.00. The number of nitrogens with one attached hydrogen (secondary N) is 1. The van der Waals surface area contributed by atoms with E-state index in [0.29, 0.717) is 6.54 Å². The van der Waals surface area contributed by atoms with Crippen molar-refractivity contribution in [1.29, 1.82) is 0 Å². The van der Waals surface area contributed by atoms with Crippen molar-refractivity contribution in [2.75, 3.05) is 6.54 Å². The highest BCUT2D eigenvalue weighted by Crippen LogP contribution is 2.35. The number of carbonyl (C=O) groups excluding carboxylic acids is 1. The highest BCUT2D eigenvalue weighted by Gasteiger charge is 2.39. The van der Waals surface area contributed by atoms with E-state index in [0.717, 1.165) is 32.1 Å². The lowest BCUT2D eigenvalue weighted by molar-refractivity contribution is -0.137. The van der Waals surface area contributed by atoms with E-state index >= 15 is 0 Å². The van der Waals surface area contributed by atoms with Crippen LogP contribution < -0.4 is 5.32 Å². The number of hydrogen-bond donors (Lipinski definition) is 2. The molecule has 1 unspecified atom stereocenters. The maximum Gasteiger partial charge on any atom is 0.318 e. The number of hydrogen-bond acceptors (Lipinski definition) is 2. The molecule has 0 bridgehead atoms. The monoisotopic (exact) mass is 254 g/mol. The molecule has 5 heteroatoms. The van der Waals surface area contributed by atoms with E-state index in [2.05, 4.69) is 12.2 Å². The number of aliphatic carboxylic acids is 1. The predicted octanol–water partition coefficient (Wildman–Crippen LogP) is 1.97. The summed E-state index contributed by atoms with van der Waals surface area (Å²) in [4.78, 5) is 24.7. The quantitative estimate of drug-likeness (QED) is 0.805. The minimum atomic E-state index is -0.825. The first-order chi connectivity index (χ1) is 8.56. The average Bonchev–Trinajstić information content (AvgIpc) is 2.70. The maximum atomic E-state index is 12.2. The van der Waals surface area contributed by atoms with Gasteiger partial charge in [-0.15, -0.1) is 0 Å². The molecule has 2 rings (SSSR count). The van der Waals surface area contributed by atoms with Gasteiger partial charge in [0.2, 0.25) is 0 Å². The molecule has 102 valence electrons. The molecule has 1 atom stereocenters. The minimum Gasteiger partial charge on any atom is -0.481 e. The number of nitrogens with zero attached hydrogens (tertiary/aromatic N) is 1. The number of urea groups is 1. The lowest BCUT2D eigenvalue weighted by Crippen LogP contribution is -2.57. The molecular weight excluding hydrogens is 232 g/mol. The van der Waals surface area contributed by atoms with E-state index in [4.69, 9.17) is 5.11 Å². The van der Waals surface area contributed by atoms with Gasteiger partial charge in [-0.1, -0.05) is 6.92 Å². The summed E-state index contributed by atoms with van der Waals surface area (Å²) in [7, 11) is 0. The lowest BCUT2D eigenvalue weighted by Gasteiger charge is -2.43. The van der Waals surface area contributed by atoms with E-state index in [-0.39, 0.29) is 24.0 Å². The summed E-state index contributed by atoms with van der Waals surface area (Å²) in [5.74, 6) is -0.825. The van der Waals surface area contributed by atoms with Crippen molar-refractivity contribution in [2.24, 2.45) is 0 Å². The molecule has 1 saturated heterocycles. The zero-order chi connectivity index (χ0) is 13.2. The van der Waals surface area contributed by atoms with E-state index in [1.807, 2.05) is 0 Å². The first-order valence-electron chi connectivity index (χ1n) is 6.87. The fourth-order valence-corrected chi connectivity index (χ4v) is 2.99. The van der Waals surface area contributed by atoms with Gasteiger partial charge in [-0.3, -0.25) is 4.79 Å². The van der Waals surface area contributed by atoms with Gasteiger partial charge in [0.05, 0.1) is 6.42 Å². The van der Waals surface area contributed by atoms with E-state index in [1.165, 1.54) is 6.42 Å². The number of carboxylic acid groups (broad SMARTS) is 1. The number of likely N-dealkylation sites (tertiary alicyclic amines) is 1. The van der Waals surface area contributed by atoms with Gasteiger partial charge >= 0.3 is 12.0 Å². The molecule has 1 aliphatic heterocycles. The van der Waals surface area contributed by atoms with Crippen LogP contribution in [0, 0.1) is 0 Å². The Labute approximate surface area is 108 Å². The average molecular weight is 254 g/mol. The summed E-state index contributed by atoms with van der Waals surface area (Å²) in [6, 6.07) is -0.197. The van der Waals surface area contributed by atoms with Crippen LogP contribution in [-0.2, 0) is 4.79 Å². The second-order valence-corrected chi connectivity index (χ2v) is 5.50. The maximum absolute atomic E-state index is 12.2. The molecule has 18 heavy (non-hydrogen) atoms. The van der Waals surface area contributed by atoms with Crippen LogP contribution in [0.3, 0.4) is 0 Å². The van der Waals surface area contributed by atoms with Gasteiger partial charge in [-0.2, -0.15) is 0 Å². The van der Waals surface area contributed by atoms with Crippen molar-refractivity contribution >= 4 is 12.0 Å². The van der Waals surface area contributed by atoms with Crippen molar-refractivity contribution < 1.29 is 14.7 Å². The zero-order valence-electron chi connectivity index (χ0n) is 10.9. The molecule has 1 saturated carbocycles. The molecule has 2 amide bonds. The first kappa shape index (κ1) is 13.2. The number of rotatable bonds is 4. The molecule has 1 aliphatic carbocycles. The number of carboxylic acids is 1. The molecule has 0 aromatic carbocycles. The molecule has 1 heterocycles. The van der Waals surface area contributed by atoms with Crippen LogP contribution in [0.4, 0.5) is 4.79 Å². The van der Waals surface area contributed by atoms with Gasteiger partial charge in [-0.25, -0.2) is 4.79 Å². The van der Waals surface area contributed by atoms with Crippen LogP contribution in [0.2, 0.25) is 0 Å². The summed E-state index contributed by atoms with van der Waals surface area (Å²) in [5, 5.41) is 12.0. The topological polar surface area (TPSA) is 69.6 Å². The smallest absolute Gasteiger partial charge is 0.318 e. The van der Waals surface area contributed by atoms with Gasteiger partial charge in [0.1, 0.15) is 0 Å². The van der Waals surface area contributed by atoms with E-state index in [1.54, 1.807) is 4.90 Å². The Morgan fingerprint density at radius 2 is 2.11 bits per heavy atom. The lowest BCUT2D eigenvalue weighted by atomic mass is 9.75. The molecule has 2 N–H and O–H groups in total. The van der Waals surface area contributed by atoms with Crippen LogP contribution in [-0.4, -0.2) is 40.1 Å². The van der Waals surface area contributed by atoms with Gasteiger partial charge in [-0.05, 0) is 38.5 Å². The Hall–Kier alpha value is -1.26. The van der Waals surface area contributed by atoms with Gasteiger partial charge in [0.15, 0.2) is 0 Å². The Bertz CT molecular complexity index is 334. The summed E-state index contributed by atoms with van der Waals surface area (Å²) in [6.45, 7) is 2.78. The first-order valence-corrected chi connectivity index (χ1v) is 6.87. The van der Waals surface area contributed by atoms with E-state index < -0.39 is 5.97 Å². The summed E-state index contributed by atoms with van der Waals surface area (Å²) in [5.41, 5.74) is -0.0204. The molecule has 5 nitrogen and oxygen atoms in total. The van der Waals surface area contributed by atoms with Crippen LogP contribution in [0.15, 0.2) is 0 Å². The van der Waals surface area contributed by atoms with Crippen LogP contribution in [0.25, 0.3) is 0 Å².